The third-order valence-electron chi connectivity index (χ3n) is 5.14. The summed E-state index contributed by atoms with van der Waals surface area (Å²) >= 11 is 0. The lowest BCUT2D eigenvalue weighted by Crippen LogP contribution is -2.46. The van der Waals surface area contributed by atoms with Crippen molar-refractivity contribution in [1.82, 2.24) is 9.62 Å². The lowest BCUT2D eigenvalue weighted by atomic mass is 10.0. The van der Waals surface area contributed by atoms with E-state index in [0.717, 1.165) is 33.4 Å². The van der Waals surface area contributed by atoms with Gasteiger partial charge in [-0.25, -0.2) is 8.70 Å². The lowest BCUT2D eigenvalue weighted by Gasteiger charge is -2.27. The Morgan fingerprint density at radius 3 is 2.41 bits per heavy atom. The molecule has 0 bridgehead atoms. The van der Waals surface area contributed by atoms with Crippen LogP contribution in [-0.2, 0) is 27.8 Å². The van der Waals surface area contributed by atoms with Crippen molar-refractivity contribution in [2.75, 3.05) is 24.9 Å². The van der Waals surface area contributed by atoms with Crippen LogP contribution in [0.25, 0.3) is 0 Å². The quantitative estimate of drug-likeness (QED) is 0.750. The molecule has 1 aliphatic carbocycles. The van der Waals surface area contributed by atoms with Crippen LogP contribution in [0.3, 0.4) is 0 Å². The minimum Gasteiger partial charge on any atom is -0.348 e. The molecule has 0 saturated carbocycles. The Morgan fingerprint density at radius 1 is 1.10 bits per heavy atom. The van der Waals surface area contributed by atoms with Crippen molar-refractivity contribution in [2.45, 2.75) is 32.2 Å². The van der Waals surface area contributed by atoms with Crippen LogP contribution in [0, 0.1) is 5.82 Å². The molecule has 0 fully saturated rings. The number of nitrogens with zero attached hydrogens (tertiary/aromatic N) is 2. The average Bonchev–Trinajstić information content (AvgIpc) is 3.14. The number of fused-ring (bicyclic) bond motifs is 1. The standard InChI is InChI=1S/C21H26FN3O3S/c1-15(17-8-7-16-5-4-6-18(16)13-17)23-21(26)14-25(29(27,28)24(2)3)20-11-9-19(22)10-12-20/h7-13,15H,4-6,14H2,1-3H3,(H,23,26)/t15-/m0/s1. The van der Waals surface area contributed by atoms with Crippen LogP contribution in [-0.4, -0.2) is 39.3 Å². The molecule has 0 aliphatic heterocycles. The second-order valence-corrected chi connectivity index (χ2v) is 9.51. The van der Waals surface area contributed by atoms with Gasteiger partial charge in [-0.05, 0) is 67.1 Å². The van der Waals surface area contributed by atoms with Crippen LogP contribution in [0.4, 0.5) is 10.1 Å². The first-order chi connectivity index (χ1) is 13.7. The van der Waals surface area contributed by atoms with Gasteiger partial charge in [0.25, 0.3) is 0 Å². The smallest absolute Gasteiger partial charge is 0.304 e. The minimum absolute atomic E-state index is 0.223. The van der Waals surface area contributed by atoms with Crippen LogP contribution in [0.5, 0.6) is 0 Å². The van der Waals surface area contributed by atoms with Crippen molar-refractivity contribution >= 4 is 21.8 Å². The Kier molecular flexibility index (Phi) is 6.24. The van der Waals surface area contributed by atoms with Gasteiger partial charge in [0.2, 0.25) is 5.91 Å². The van der Waals surface area contributed by atoms with Gasteiger partial charge in [-0.1, -0.05) is 18.2 Å². The predicted octanol–water partition coefficient (Wildman–Crippen LogP) is 2.80. The number of nitrogens with one attached hydrogen (secondary N) is 1. The molecule has 8 heteroatoms. The molecule has 0 radical (unpaired) electrons. The summed E-state index contributed by atoms with van der Waals surface area (Å²) in [6, 6.07) is 11.0. The highest BCUT2D eigenvalue weighted by Crippen LogP contribution is 2.25. The number of anilines is 1. The molecule has 2 aromatic carbocycles. The number of amides is 1. The molecule has 0 unspecified atom stereocenters. The summed E-state index contributed by atoms with van der Waals surface area (Å²) in [4.78, 5) is 12.7. The van der Waals surface area contributed by atoms with Gasteiger partial charge >= 0.3 is 10.2 Å². The minimum atomic E-state index is -3.93. The van der Waals surface area contributed by atoms with Crippen molar-refractivity contribution in [3.05, 3.63) is 65.0 Å². The number of halogens is 1. The largest absolute Gasteiger partial charge is 0.348 e. The maximum Gasteiger partial charge on any atom is 0.304 e. The van der Waals surface area contributed by atoms with Crippen LogP contribution < -0.4 is 9.62 Å². The van der Waals surface area contributed by atoms with E-state index in [-0.39, 0.29) is 11.7 Å². The lowest BCUT2D eigenvalue weighted by molar-refractivity contribution is -0.120. The molecule has 1 amide bonds. The molecule has 29 heavy (non-hydrogen) atoms. The highest BCUT2D eigenvalue weighted by atomic mass is 32.2. The third kappa shape index (κ3) is 4.76. The van der Waals surface area contributed by atoms with Gasteiger partial charge in [0.1, 0.15) is 12.4 Å². The van der Waals surface area contributed by atoms with E-state index in [0.29, 0.717) is 0 Å². The Labute approximate surface area is 171 Å². The number of aryl methyl sites for hydroxylation is 2. The summed E-state index contributed by atoms with van der Waals surface area (Å²) in [6.07, 6.45) is 3.28. The van der Waals surface area contributed by atoms with Gasteiger partial charge < -0.3 is 5.32 Å². The molecule has 1 atom stereocenters. The van der Waals surface area contributed by atoms with Crippen molar-refractivity contribution in [3.63, 3.8) is 0 Å². The number of carbonyl (C=O) groups excluding carboxylic acids is 1. The molecule has 0 spiro atoms. The van der Waals surface area contributed by atoms with Gasteiger partial charge in [0.15, 0.2) is 0 Å². The molecule has 6 nitrogen and oxygen atoms in total. The predicted molar refractivity (Wildman–Crippen MR) is 111 cm³/mol. The molecular formula is C21H26FN3O3S. The zero-order valence-electron chi connectivity index (χ0n) is 16.9. The van der Waals surface area contributed by atoms with E-state index in [1.165, 1.54) is 49.5 Å². The van der Waals surface area contributed by atoms with E-state index in [1.807, 2.05) is 13.0 Å². The van der Waals surface area contributed by atoms with E-state index in [9.17, 15) is 17.6 Å². The number of benzene rings is 2. The van der Waals surface area contributed by atoms with Crippen molar-refractivity contribution in [2.24, 2.45) is 0 Å². The zero-order chi connectivity index (χ0) is 21.2. The summed E-state index contributed by atoms with van der Waals surface area (Å²) in [5, 5.41) is 2.87. The van der Waals surface area contributed by atoms with Crippen LogP contribution >= 0.6 is 0 Å². The average molecular weight is 420 g/mol. The van der Waals surface area contributed by atoms with Crippen LogP contribution in [0.2, 0.25) is 0 Å². The zero-order valence-corrected chi connectivity index (χ0v) is 17.7. The van der Waals surface area contributed by atoms with E-state index in [4.69, 9.17) is 0 Å². The number of hydrogen-bond donors (Lipinski definition) is 1. The third-order valence-corrected chi connectivity index (χ3v) is 6.96. The molecule has 3 rings (SSSR count). The maximum atomic E-state index is 13.3. The summed E-state index contributed by atoms with van der Waals surface area (Å²) in [5.74, 6) is -0.918. The Morgan fingerprint density at radius 2 is 1.76 bits per heavy atom. The molecule has 0 heterocycles. The fraction of sp³-hybridized carbons (Fsp3) is 0.381. The molecule has 1 N–H and O–H groups in total. The maximum absolute atomic E-state index is 13.3. The second-order valence-electron chi connectivity index (χ2n) is 7.44. The van der Waals surface area contributed by atoms with Gasteiger partial charge in [-0.15, -0.1) is 0 Å². The summed E-state index contributed by atoms with van der Waals surface area (Å²) < 4.78 is 40.7. The fourth-order valence-corrected chi connectivity index (χ4v) is 4.54. The van der Waals surface area contributed by atoms with Crippen LogP contribution in [0.15, 0.2) is 42.5 Å². The first kappa shape index (κ1) is 21.3. The number of hydrogen-bond acceptors (Lipinski definition) is 3. The van der Waals surface area contributed by atoms with Gasteiger partial charge in [-0.3, -0.25) is 4.79 Å². The summed E-state index contributed by atoms with van der Waals surface area (Å²) in [5.41, 5.74) is 3.88. The van der Waals surface area contributed by atoms with E-state index < -0.39 is 28.5 Å². The second kappa shape index (κ2) is 8.51. The monoisotopic (exact) mass is 419 g/mol. The molecule has 0 saturated heterocycles. The Hall–Kier alpha value is -2.45. The SMILES string of the molecule is C[C@H](NC(=O)CN(c1ccc(F)cc1)S(=O)(=O)N(C)C)c1ccc2c(c1)CCC2. The van der Waals surface area contributed by atoms with E-state index in [1.54, 1.807) is 0 Å². The molecule has 2 aromatic rings. The molecule has 1 aliphatic rings. The fourth-order valence-electron chi connectivity index (χ4n) is 3.47. The summed E-state index contributed by atoms with van der Waals surface area (Å²) in [7, 11) is -1.15. The van der Waals surface area contributed by atoms with E-state index >= 15 is 0 Å². The topological polar surface area (TPSA) is 69.7 Å². The van der Waals surface area contributed by atoms with Crippen molar-refractivity contribution < 1.29 is 17.6 Å². The van der Waals surface area contributed by atoms with Gasteiger partial charge in [0, 0.05) is 14.1 Å². The van der Waals surface area contributed by atoms with Gasteiger partial charge in [0.05, 0.1) is 11.7 Å². The summed E-state index contributed by atoms with van der Waals surface area (Å²) in [6.45, 7) is 1.47. The highest BCUT2D eigenvalue weighted by molar-refractivity contribution is 7.90. The number of carbonyl (C=O) groups is 1. The van der Waals surface area contributed by atoms with Crippen LogP contribution in [0.1, 0.15) is 36.1 Å². The van der Waals surface area contributed by atoms with Crippen molar-refractivity contribution in [1.29, 1.82) is 0 Å². The molecule has 0 aromatic heterocycles. The Balaban J connectivity index is 1.76. The van der Waals surface area contributed by atoms with E-state index in [2.05, 4.69) is 17.4 Å². The molecule has 156 valence electrons. The highest BCUT2D eigenvalue weighted by Gasteiger charge is 2.28. The first-order valence-electron chi connectivity index (χ1n) is 9.55. The normalized spacial score (nSPS) is 14.5. The number of rotatable bonds is 7. The van der Waals surface area contributed by atoms with Gasteiger partial charge in [-0.2, -0.15) is 12.7 Å². The van der Waals surface area contributed by atoms with Crippen molar-refractivity contribution in [3.8, 4) is 0 Å². The Bertz CT molecular complexity index is 991. The molecular weight excluding hydrogens is 393 g/mol. The first-order valence-corrected chi connectivity index (χ1v) is 10.9.